The van der Waals surface area contributed by atoms with Crippen molar-refractivity contribution in [1.82, 2.24) is 4.90 Å². The average molecular weight is 670 g/mol. The van der Waals surface area contributed by atoms with Gasteiger partial charge in [0.15, 0.2) is 0 Å². The van der Waals surface area contributed by atoms with Gasteiger partial charge in [-0.05, 0) is 91.6 Å². The van der Waals surface area contributed by atoms with Crippen LogP contribution in [0.5, 0.6) is 0 Å². The van der Waals surface area contributed by atoms with Crippen LogP contribution < -0.4 is 5.73 Å². The first-order valence-electron chi connectivity index (χ1n) is 13.8. The van der Waals surface area contributed by atoms with Gasteiger partial charge in [0.05, 0.1) is 22.3 Å². The zero-order chi connectivity index (χ0) is 28.5. The van der Waals surface area contributed by atoms with Gasteiger partial charge in [0, 0.05) is 28.3 Å². The molecular weight excluding hydrogens is 636 g/mol. The number of amides is 2. The first-order chi connectivity index (χ1) is 19.1. The summed E-state index contributed by atoms with van der Waals surface area (Å²) < 4.78 is 2.24. The second-order valence-electron chi connectivity index (χ2n) is 11.2. The van der Waals surface area contributed by atoms with Crippen LogP contribution in [0.1, 0.15) is 68.7 Å². The van der Waals surface area contributed by atoms with Crippen molar-refractivity contribution in [1.29, 1.82) is 0 Å². The molecule has 2 aliphatic carbocycles. The summed E-state index contributed by atoms with van der Waals surface area (Å²) in [5.74, 6) is -0.522. The normalized spacial score (nSPS) is 23.2. The zero-order valence-corrected chi connectivity index (χ0v) is 25.5. The van der Waals surface area contributed by atoms with E-state index in [1.807, 2.05) is 24.3 Å². The number of rotatable bonds is 5. The highest BCUT2D eigenvalue weighted by molar-refractivity contribution is 9.10. The van der Waals surface area contributed by atoms with Crippen LogP contribution in [0.2, 0.25) is 0 Å². The molecule has 6 rings (SSSR count). The van der Waals surface area contributed by atoms with Gasteiger partial charge in [0.25, 0.3) is 11.8 Å². The van der Waals surface area contributed by atoms with Crippen LogP contribution in [-0.2, 0) is 25.7 Å². The Hall–Kier alpha value is -2.36. The number of fused-ring (bicyclic) bond motifs is 3. The van der Waals surface area contributed by atoms with Crippen LogP contribution in [0, 0.1) is 0 Å². The lowest BCUT2D eigenvalue weighted by atomic mass is 9.78. The van der Waals surface area contributed by atoms with Crippen molar-refractivity contribution in [3.63, 3.8) is 0 Å². The minimum absolute atomic E-state index is 0.242. The molecule has 0 fully saturated rings. The largest absolute Gasteiger partial charge is 0.389 e. The van der Waals surface area contributed by atoms with Crippen molar-refractivity contribution < 1.29 is 19.8 Å². The summed E-state index contributed by atoms with van der Waals surface area (Å²) >= 11 is 7.12. The fourth-order valence-corrected chi connectivity index (χ4v) is 7.37. The number of aliphatic hydroxyl groups is 2. The molecule has 2 amide bonds. The van der Waals surface area contributed by atoms with Crippen molar-refractivity contribution in [2.24, 2.45) is 5.73 Å². The van der Waals surface area contributed by atoms with Gasteiger partial charge >= 0.3 is 0 Å². The second-order valence-corrected chi connectivity index (χ2v) is 12.9. The van der Waals surface area contributed by atoms with Crippen LogP contribution >= 0.6 is 31.9 Å². The predicted molar refractivity (Wildman–Crippen MR) is 162 cm³/mol. The molecule has 0 aromatic heterocycles. The molecular formula is C32H34Br2N2O4. The van der Waals surface area contributed by atoms with E-state index in [0.29, 0.717) is 43.4 Å². The van der Waals surface area contributed by atoms with E-state index in [0.717, 1.165) is 40.2 Å². The minimum Gasteiger partial charge on any atom is -0.389 e. The number of halogens is 2. The van der Waals surface area contributed by atoms with E-state index < -0.39 is 11.2 Å². The third-order valence-corrected chi connectivity index (χ3v) is 9.93. The van der Waals surface area contributed by atoms with Crippen LogP contribution in [-0.4, -0.2) is 51.2 Å². The zero-order valence-electron chi connectivity index (χ0n) is 22.3. The number of benzene rings is 3. The van der Waals surface area contributed by atoms with Gasteiger partial charge in [0.1, 0.15) is 0 Å². The molecule has 0 saturated carbocycles. The summed E-state index contributed by atoms with van der Waals surface area (Å²) in [5, 5.41) is 21.3. The molecule has 210 valence electrons. The molecule has 8 heteroatoms. The highest BCUT2D eigenvalue weighted by Gasteiger charge is 2.38. The SMILES string of the molecule is NCCC1(O)CCc2c(Br)cccc2C1.O=C1c2ccccc2C(=O)N1CCC1(O)CCc2c(Br)cccc2C1. The third-order valence-electron chi connectivity index (χ3n) is 8.44. The summed E-state index contributed by atoms with van der Waals surface area (Å²) in [4.78, 5) is 26.2. The molecule has 2 atom stereocenters. The molecule has 3 aliphatic rings. The highest BCUT2D eigenvalue weighted by atomic mass is 79.9. The molecule has 4 N–H and O–H groups in total. The van der Waals surface area contributed by atoms with E-state index in [2.05, 4.69) is 44.0 Å². The Morgan fingerprint density at radius 2 is 1.20 bits per heavy atom. The van der Waals surface area contributed by atoms with Gasteiger partial charge in [-0.2, -0.15) is 0 Å². The van der Waals surface area contributed by atoms with Gasteiger partial charge in [-0.3, -0.25) is 14.5 Å². The van der Waals surface area contributed by atoms with E-state index in [1.54, 1.807) is 24.3 Å². The number of hydrogen-bond acceptors (Lipinski definition) is 5. The Bertz CT molecular complexity index is 1410. The molecule has 0 spiro atoms. The van der Waals surface area contributed by atoms with Crippen LogP contribution in [0.3, 0.4) is 0 Å². The summed E-state index contributed by atoms with van der Waals surface area (Å²) in [5.41, 5.74) is 9.95. The molecule has 0 saturated heterocycles. The van der Waals surface area contributed by atoms with Crippen LogP contribution in [0.4, 0.5) is 0 Å². The molecule has 6 nitrogen and oxygen atoms in total. The first kappa shape index (κ1) is 29.1. The average Bonchev–Trinajstić information content (AvgIpc) is 3.17. The van der Waals surface area contributed by atoms with Gasteiger partial charge in [-0.1, -0.05) is 68.3 Å². The van der Waals surface area contributed by atoms with Gasteiger partial charge < -0.3 is 15.9 Å². The maximum absolute atomic E-state index is 12.4. The van der Waals surface area contributed by atoms with E-state index in [4.69, 9.17) is 5.73 Å². The summed E-state index contributed by atoms with van der Waals surface area (Å²) in [6.45, 7) is 0.798. The number of imide groups is 1. The van der Waals surface area contributed by atoms with Crippen molar-refractivity contribution in [2.75, 3.05) is 13.1 Å². The van der Waals surface area contributed by atoms with E-state index in [9.17, 15) is 19.8 Å². The van der Waals surface area contributed by atoms with Crippen molar-refractivity contribution in [3.05, 3.63) is 103 Å². The molecule has 40 heavy (non-hydrogen) atoms. The monoisotopic (exact) mass is 668 g/mol. The number of carbonyl (C=O) groups is 2. The third kappa shape index (κ3) is 5.97. The maximum Gasteiger partial charge on any atom is 0.261 e. The second kappa shape index (κ2) is 11.9. The van der Waals surface area contributed by atoms with Gasteiger partial charge in [-0.25, -0.2) is 0 Å². The quantitative estimate of drug-likeness (QED) is 0.317. The lowest BCUT2D eigenvalue weighted by molar-refractivity contribution is 0.0104. The van der Waals surface area contributed by atoms with E-state index >= 15 is 0 Å². The number of carbonyl (C=O) groups excluding carboxylic acids is 2. The maximum atomic E-state index is 12.4. The first-order valence-corrected chi connectivity index (χ1v) is 15.3. The number of nitrogens with zero attached hydrogens (tertiary/aromatic N) is 1. The highest BCUT2D eigenvalue weighted by Crippen LogP contribution is 2.36. The lowest BCUT2D eigenvalue weighted by Gasteiger charge is -2.35. The Morgan fingerprint density at radius 1 is 0.725 bits per heavy atom. The summed E-state index contributed by atoms with van der Waals surface area (Å²) in [6, 6.07) is 19.1. The van der Waals surface area contributed by atoms with Crippen molar-refractivity contribution in [2.45, 2.75) is 62.6 Å². The van der Waals surface area contributed by atoms with Crippen molar-refractivity contribution in [3.8, 4) is 0 Å². The molecule has 1 heterocycles. The molecule has 2 unspecified atom stereocenters. The number of nitrogens with two attached hydrogens (primary N) is 1. The molecule has 0 bridgehead atoms. The Labute approximate surface area is 251 Å². The van der Waals surface area contributed by atoms with Gasteiger partial charge in [-0.15, -0.1) is 0 Å². The Morgan fingerprint density at radius 3 is 1.68 bits per heavy atom. The number of hydrogen-bond donors (Lipinski definition) is 3. The van der Waals surface area contributed by atoms with Crippen molar-refractivity contribution >= 4 is 43.7 Å². The van der Waals surface area contributed by atoms with Crippen LogP contribution in [0.15, 0.2) is 69.6 Å². The molecule has 3 aromatic rings. The van der Waals surface area contributed by atoms with E-state index in [1.165, 1.54) is 21.6 Å². The van der Waals surface area contributed by atoms with Gasteiger partial charge in [0.2, 0.25) is 0 Å². The lowest BCUT2D eigenvalue weighted by Crippen LogP contribution is -2.41. The topological polar surface area (TPSA) is 104 Å². The minimum atomic E-state index is -0.886. The molecule has 1 aliphatic heterocycles. The van der Waals surface area contributed by atoms with E-state index in [-0.39, 0.29) is 18.4 Å². The molecule has 0 radical (unpaired) electrons. The Kier molecular flexibility index (Phi) is 8.64. The van der Waals surface area contributed by atoms with Crippen LogP contribution in [0.25, 0.3) is 0 Å². The fourth-order valence-electron chi connectivity index (χ4n) is 6.16. The predicted octanol–water partition coefficient (Wildman–Crippen LogP) is 5.37. The summed E-state index contributed by atoms with van der Waals surface area (Å²) in [7, 11) is 0. The smallest absolute Gasteiger partial charge is 0.261 e. The fraction of sp³-hybridized carbons (Fsp3) is 0.375. The molecule has 3 aromatic carbocycles. The summed E-state index contributed by atoms with van der Waals surface area (Å²) in [6.07, 6.45) is 5.54. The Balaban J connectivity index is 0.000000184. The standard InChI is InChI=1S/C20H18BrNO3.C12H16BrNO/c21-17-7-3-4-13-12-20(25,9-8-14(13)17)10-11-22-18(23)15-5-1-2-6-16(15)19(22)24;13-11-3-1-2-9-8-12(15,6-7-14)5-4-10(9)11/h1-7,25H,8-12H2;1-3,15H,4-8,14H2.